The van der Waals surface area contributed by atoms with Crippen LogP contribution < -0.4 is 0 Å². The SMILES string of the molecule is CC#CC1(F)CN(C(C)=O)C1. The summed E-state index contributed by atoms with van der Waals surface area (Å²) < 4.78 is 13.1. The molecule has 0 unspecified atom stereocenters. The molecule has 1 amide bonds. The molecule has 2 nitrogen and oxygen atoms in total. The van der Waals surface area contributed by atoms with E-state index in [0.717, 1.165) is 0 Å². The van der Waals surface area contributed by atoms with Crippen LogP contribution in [-0.2, 0) is 4.79 Å². The number of amides is 1. The maximum absolute atomic E-state index is 13.1. The Bertz CT molecular complexity index is 232. The predicted molar refractivity (Wildman–Crippen MR) is 39.5 cm³/mol. The van der Waals surface area contributed by atoms with E-state index in [9.17, 15) is 9.18 Å². The van der Waals surface area contributed by atoms with E-state index in [2.05, 4.69) is 11.8 Å². The number of hydrogen-bond acceptors (Lipinski definition) is 1. The first-order valence-electron chi connectivity index (χ1n) is 3.46. The molecule has 1 saturated heterocycles. The summed E-state index contributed by atoms with van der Waals surface area (Å²) in [4.78, 5) is 12.1. The molecule has 0 N–H and O–H groups in total. The second kappa shape index (κ2) is 2.54. The van der Waals surface area contributed by atoms with E-state index >= 15 is 0 Å². The molecule has 60 valence electrons. The summed E-state index contributed by atoms with van der Waals surface area (Å²) in [6, 6.07) is 0. The molecular formula is C8H10FNO. The van der Waals surface area contributed by atoms with Gasteiger partial charge < -0.3 is 4.90 Å². The first kappa shape index (κ1) is 8.06. The Morgan fingerprint density at radius 3 is 2.55 bits per heavy atom. The fraction of sp³-hybridized carbons (Fsp3) is 0.625. The number of hydrogen-bond donors (Lipinski definition) is 0. The molecule has 3 heteroatoms. The third-order valence-electron chi connectivity index (χ3n) is 1.68. The minimum Gasteiger partial charge on any atom is -0.334 e. The van der Waals surface area contributed by atoms with Gasteiger partial charge in [-0.1, -0.05) is 5.92 Å². The summed E-state index contributed by atoms with van der Waals surface area (Å²) in [5.41, 5.74) is -1.43. The van der Waals surface area contributed by atoms with Gasteiger partial charge in [-0.05, 0) is 6.92 Å². The molecule has 0 aliphatic carbocycles. The summed E-state index contributed by atoms with van der Waals surface area (Å²) in [7, 11) is 0. The quantitative estimate of drug-likeness (QED) is 0.468. The Morgan fingerprint density at radius 1 is 1.64 bits per heavy atom. The molecule has 1 rings (SSSR count). The zero-order valence-corrected chi connectivity index (χ0v) is 6.65. The topological polar surface area (TPSA) is 20.3 Å². The van der Waals surface area contributed by atoms with Crippen LogP contribution in [0.2, 0.25) is 0 Å². The van der Waals surface area contributed by atoms with Gasteiger partial charge in [0.1, 0.15) is 0 Å². The van der Waals surface area contributed by atoms with Crippen LogP contribution in [0.15, 0.2) is 0 Å². The number of carbonyl (C=O) groups is 1. The second-order valence-corrected chi connectivity index (χ2v) is 2.72. The lowest BCUT2D eigenvalue weighted by Gasteiger charge is -2.40. The number of rotatable bonds is 0. The molecule has 0 aromatic heterocycles. The lowest BCUT2D eigenvalue weighted by molar-refractivity contribution is -0.138. The van der Waals surface area contributed by atoms with Gasteiger partial charge >= 0.3 is 0 Å². The summed E-state index contributed by atoms with van der Waals surface area (Å²) in [5.74, 6) is 4.85. The fourth-order valence-corrected chi connectivity index (χ4v) is 1.08. The van der Waals surface area contributed by atoms with E-state index < -0.39 is 5.67 Å². The van der Waals surface area contributed by atoms with E-state index in [1.165, 1.54) is 11.8 Å². The number of likely N-dealkylation sites (tertiary alicyclic amines) is 1. The third-order valence-corrected chi connectivity index (χ3v) is 1.68. The Hall–Kier alpha value is -1.04. The highest BCUT2D eigenvalue weighted by atomic mass is 19.1. The van der Waals surface area contributed by atoms with E-state index in [1.807, 2.05) is 0 Å². The van der Waals surface area contributed by atoms with Crippen LogP contribution in [0.4, 0.5) is 4.39 Å². The van der Waals surface area contributed by atoms with Gasteiger partial charge in [-0.25, -0.2) is 4.39 Å². The molecule has 1 heterocycles. The molecule has 1 aliphatic heterocycles. The fourth-order valence-electron chi connectivity index (χ4n) is 1.08. The van der Waals surface area contributed by atoms with Gasteiger partial charge in [0.15, 0.2) is 0 Å². The Balaban J connectivity index is 2.48. The van der Waals surface area contributed by atoms with Crippen molar-refractivity contribution >= 4 is 5.91 Å². The van der Waals surface area contributed by atoms with Crippen LogP contribution >= 0.6 is 0 Å². The minimum atomic E-state index is -1.43. The summed E-state index contributed by atoms with van der Waals surface area (Å²) in [6.07, 6.45) is 0. The van der Waals surface area contributed by atoms with Crippen molar-refractivity contribution in [3.63, 3.8) is 0 Å². The van der Waals surface area contributed by atoms with E-state index in [4.69, 9.17) is 0 Å². The van der Waals surface area contributed by atoms with Gasteiger partial charge in [0.25, 0.3) is 0 Å². The zero-order chi connectivity index (χ0) is 8.48. The average Bonchev–Trinajstić information content (AvgIpc) is 1.82. The normalized spacial score (nSPS) is 19.7. The summed E-state index contributed by atoms with van der Waals surface area (Å²) in [5, 5.41) is 0. The zero-order valence-electron chi connectivity index (χ0n) is 6.65. The molecule has 0 aromatic rings. The van der Waals surface area contributed by atoms with Crippen LogP contribution in [0.1, 0.15) is 13.8 Å². The summed E-state index contributed by atoms with van der Waals surface area (Å²) in [6.45, 7) is 3.28. The van der Waals surface area contributed by atoms with Gasteiger partial charge in [-0.15, -0.1) is 5.92 Å². The van der Waals surface area contributed by atoms with Crippen LogP contribution in [0.5, 0.6) is 0 Å². The first-order chi connectivity index (χ1) is 5.07. The largest absolute Gasteiger partial charge is 0.334 e. The standard InChI is InChI=1S/C8H10FNO/c1-3-4-8(9)5-10(6-8)7(2)11/h5-6H2,1-2H3. The van der Waals surface area contributed by atoms with Crippen molar-refractivity contribution in [1.29, 1.82) is 0 Å². The van der Waals surface area contributed by atoms with Crippen molar-refractivity contribution in [3.8, 4) is 11.8 Å². The number of carbonyl (C=O) groups excluding carboxylic acids is 1. The maximum Gasteiger partial charge on any atom is 0.219 e. The molecule has 1 aliphatic rings. The summed E-state index contributed by atoms with van der Waals surface area (Å²) >= 11 is 0. The van der Waals surface area contributed by atoms with E-state index in [0.29, 0.717) is 0 Å². The smallest absolute Gasteiger partial charge is 0.219 e. The van der Waals surface area contributed by atoms with Crippen LogP contribution in [0, 0.1) is 11.8 Å². The van der Waals surface area contributed by atoms with E-state index in [-0.39, 0.29) is 19.0 Å². The highest BCUT2D eigenvalue weighted by Gasteiger charge is 2.43. The highest BCUT2D eigenvalue weighted by molar-refractivity contribution is 5.74. The van der Waals surface area contributed by atoms with Crippen LogP contribution in [0.25, 0.3) is 0 Å². The van der Waals surface area contributed by atoms with Crippen LogP contribution in [-0.4, -0.2) is 29.6 Å². The van der Waals surface area contributed by atoms with Gasteiger partial charge in [-0.2, -0.15) is 0 Å². The van der Waals surface area contributed by atoms with Crippen molar-refractivity contribution < 1.29 is 9.18 Å². The van der Waals surface area contributed by atoms with Gasteiger partial charge in [0.05, 0.1) is 13.1 Å². The second-order valence-electron chi connectivity index (χ2n) is 2.72. The van der Waals surface area contributed by atoms with Crippen molar-refractivity contribution in [3.05, 3.63) is 0 Å². The lowest BCUT2D eigenvalue weighted by atomic mass is 9.97. The highest BCUT2D eigenvalue weighted by Crippen LogP contribution is 2.24. The average molecular weight is 155 g/mol. The third kappa shape index (κ3) is 1.51. The number of alkyl halides is 1. The van der Waals surface area contributed by atoms with Crippen molar-refractivity contribution in [2.75, 3.05) is 13.1 Å². The molecule has 0 saturated carbocycles. The van der Waals surface area contributed by atoms with Crippen molar-refractivity contribution in [2.24, 2.45) is 0 Å². The predicted octanol–water partition coefficient (Wildman–Crippen LogP) is 0.580. The van der Waals surface area contributed by atoms with Crippen molar-refractivity contribution in [1.82, 2.24) is 4.90 Å². The Labute approximate surface area is 65.4 Å². The molecular weight excluding hydrogens is 145 g/mol. The maximum atomic E-state index is 13.1. The first-order valence-corrected chi connectivity index (χ1v) is 3.46. The van der Waals surface area contributed by atoms with Gasteiger partial charge in [-0.3, -0.25) is 4.79 Å². The van der Waals surface area contributed by atoms with Crippen molar-refractivity contribution in [2.45, 2.75) is 19.5 Å². The van der Waals surface area contributed by atoms with Gasteiger partial charge in [0.2, 0.25) is 11.6 Å². The van der Waals surface area contributed by atoms with Crippen LogP contribution in [0.3, 0.4) is 0 Å². The van der Waals surface area contributed by atoms with Gasteiger partial charge in [0, 0.05) is 6.92 Å². The Kier molecular flexibility index (Phi) is 1.86. The lowest BCUT2D eigenvalue weighted by Crippen LogP contribution is -2.59. The molecule has 1 fully saturated rings. The minimum absolute atomic E-state index is 0.0869. The molecule has 0 bridgehead atoms. The monoisotopic (exact) mass is 155 g/mol. The van der Waals surface area contributed by atoms with E-state index in [1.54, 1.807) is 6.92 Å². The molecule has 0 spiro atoms. The number of nitrogens with zero attached hydrogens (tertiary/aromatic N) is 1. The molecule has 0 radical (unpaired) electrons. The number of halogens is 1. The Morgan fingerprint density at radius 2 is 2.18 bits per heavy atom. The molecule has 11 heavy (non-hydrogen) atoms. The molecule has 0 atom stereocenters. The molecule has 0 aromatic carbocycles.